The molecule has 1 aromatic heterocycles. The lowest BCUT2D eigenvalue weighted by Gasteiger charge is -2.34. The van der Waals surface area contributed by atoms with Crippen LogP contribution in [-0.4, -0.2) is 53.9 Å². The number of likely N-dealkylation sites (tertiary alicyclic amines) is 1. The second-order valence-electron chi connectivity index (χ2n) is 7.71. The number of aromatic nitrogens is 1. The van der Waals surface area contributed by atoms with Crippen molar-refractivity contribution >= 4 is 17.2 Å². The highest BCUT2D eigenvalue weighted by atomic mass is 32.1. The molecule has 5 heteroatoms. The van der Waals surface area contributed by atoms with Crippen LogP contribution in [0, 0.1) is 12.8 Å². The Morgan fingerprint density at radius 1 is 1.30 bits per heavy atom. The molecule has 1 amide bonds. The van der Waals surface area contributed by atoms with Crippen LogP contribution in [-0.2, 0) is 17.6 Å². The molecule has 3 rings (SSSR count). The van der Waals surface area contributed by atoms with E-state index in [1.54, 1.807) is 11.3 Å². The molecule has 0 spiro atoms. The molecule has 0 aliphatic carbocycles. The first kappa shape index (κ1) is 20.0. The predicted molar refractivity (Wildman–Crippen MR) is 112 cm³/mol. The van der Waals surface area contributed by atoms with Gasteiger partial charge in [-0.3, -0.25) is 4.79 Å². The van der Waals surface area contributed by atoms with Crippen molar-refractivity contribution in [2.75, 3.05) is 33.2 Å². The molecule has 2 aromatic rings. The van der Waals surface area contributed by atoms with E-state index >= 15 is 0 Å². The zero-order valence-electron chi connectivity index (χ0n) is 16.6. The number of piperidine rings is 1. The molecule has 27 heavy (non-hydrogen) atoms. The lowest BCUT2D eigenvalue weighted by Crippen LogP contribution is -2.42. The highest BCUT2D eigenvalue weighted by Crippen LogP contribution is 2.19. The molecule has 0 N–H and O–H groups in total. The molecule has 0 saturated carbocycles. The summed E-state index contributed by atoms with van der Waals surface area (Å²) in [5, 5.41) is 0. The second-order valence-corrected chi connectivity index (χ2v) is 8.65. The number of benzene rings is 1. The average molecular weight is 386 g/mol. The van der Waals surface area contributed by atoms with Gasteiger partial charge in [-0.2, -0.15) is 0 Å². The van der Waals surface area contributed by atoms with E-state index in [2.05, 4.69) is 46.1 Å². The third-order valence-electron chi connectivity index (χ3n) is 5.48. The number of aryl methyl sites for hydroxylation is 2. The van der Waals surface area contributed by atoms with Gasteiger partial charge in [0, 0.05) is 30.9 Å². The van der Waals surface area contributed by atoms with Crippen molar-refractivity contribution in [3.8, 4) is 0 Å². The third kappa shape index (κ3) is 6.15. The topological polar surface area (TPSA) is 36.4 Å². The zero-order valence-corrected chi connectivity index (χ0v) is 17.4. The number of thiazole rings is 1. The van der Waals surface area contributed by atoms with Crippen LogP contribution < -0.4 is 0 Å². The van der Waals surface area contributed by atoms with E-state index in [1.165, 1.54) is 29.8 Å². The highest BCUT2D eigenvalue weighted by Gasteiger charge is 2.23. The van der Waals surface area contributed by atoms with Crippen LogP contribution in [0.2, 0.25) is 0 Å². The summed E-state index contributed by atoms with van der Waals surface area (Å²) in [5.41, 5.74) is 4.24. The van der Waals surface area contributed by atoms with Crippen LogP contribution >= 0.6 is 11.3 Å². The van der Waals surface area contributed by atoms with Crippen molar-refractivity contribution in [3.05, 3.63) is 52.0 Å². The summed E-state index contributed by atoms with van der Waals surface area (Å²) in [4.78, 5) is 23.1. The lowest BCUT2D eigenvalue weighted by molar-refractivity contribution is -0.132. The van der Waals surface area contributed by atoms with Crippen molar-refractivity contribution in [3.63, 3.8) is 0 Å². The van der Waals surface area contributed by atoms with Gasteiger partial charge in [0.1, 0.15) is 0 Å². The van der Waals surface area contributed by atoms with Crippen LogP contribution in [0.25, 0.3) is 0 Å². The van der Waals surface area contributed by atoms with E-state index in [0.717, 1.165) is 38.2 Å². The van der Waals surface area contributed by atoms with E-state index in [9.17, 15) is 4.79 Å². The first-order valence-corrected chi connectivity index (χ1v) is 10.9. The molecule has 1 atom stereocenters. The minimum absolute atomic E-state index is 0.284. The number of hydrogen-bond donors (Lipinski definition) is 0. The molecule has 4 nitrogen and oxygen atoms in total. The molecular formula is C22H31N3OS. The number of rotatable bonds is 8. The molecule has 0 radical (unpaired) electrons. The molecule has 1 aliphatic heterocycles. The van der Waals surface area contributed by atoms with E-state index in [0.29, 0.717) is 12.3 Å². The average Bonchev–Trinajstić information content (AvgIpc) is 3.09. The quantitative estimate of drug-likeness (QED) is 0.693. The van der Waals surface area contributed by atoms with Gasteiger partial charge in [-0.1, -0.05) is 30.3 Å². The molecule has 1 saturated heterocycles. The third-order valence-corrected chi connectivity index (χ3v) is 6.47. The van der Waals surface area contributed by atoms with E-state index in [-0.39, 0.29) is 5.91 Å². The van der Waals surface area contributed by atoms with Crippen molar-refractivity contribution < 1.29 is 4.79 Å². The van der Waals surface area contributed by atoms with E-state index in [4.69, 9.17) is 0 Å². The summed E-state index contributed by atoms with van der Waals surface area (Å²) < 4.78 is 0. The Bertz CT molecular complexity index is 715. The molecular weight excluding hydrogens is 354 g/mol. The Morgan fingerprint density at radius 2 is 2.11 bits per heavy atom. The van der Waals surface area contributed by atoms with Gasteiger partial charge < -0.3 is 9.80 Å². The van der Waals surface area contributed by atoms with Crippen molar-refractivity contribution in [1.82, 2.24) is 14.8 Å². The number of nitrogens with zero attached hydrogens (tertiary/aromatic N) is 3. The first-order chi connectivity index (χ1) is 13.1. The summed E-state index contributed by atoms with van der Waals surface area (Å²) in [7, 11) is 2.19. The van der Waals surface area contributed by atoms with Crippen LogP contribution in [0.5, 0.6) is 0 Å². The Morgan fingerprint density at radius 3 is 2.81 bits per heavy atom. The number of amides is 1. The van der Waals surface area contributed by atoms with Gasteiger partial charge in [0.2, 0.25) is 5.91 Å². The van der Waals surface area contributed by atoms with Gasteiger partial charge in [-0.25, -0.2) is 4.98 Å². The van der Waals surface area contributed by atoms with E-state index < -0.39 is 0 Å². The summed E-state index contributed by atoms with van der Waals surface area (Å²) in [6.45, 7) is 6.01. The number of carbonyl (C=O) groups excluding carboxylic acids is 1. The van der Waals surface area contributed by atoms with Gasteiger partial charge in [-0.15, -0.1) is 11.3 Å². The fourth-order valence-electron chi connectivity index (χ4n) is 3.91. The van der Waals surface area contributed by atoms with Crippen LogP contribution in [0.1, 0.15) is 35.4 Å². The maximum atomic E-state index is 13.0. The van der Waals surface area contributed by atoms with Crippen molar-refractivity contribution in [1.29, 1.82) is 0 Å². The molecule has 1 aliphatic rings. The smallest absolute Gasteiger partial charge is 0.222 e. The maximum absolute atomic E-state index is 13.0. The Balaban J connectivity index is 1.60. The van der Waals surface area contributed by atoms with Crippen LogP contribution in [0.15, 0.2) is 35.8 Å². The van der Waals surface area contributed by atoms with Crippen molar-refractivity contribution in [2.24, 2.45) is 5.92 Å². The molecule has 146 valence electrons. The normalized spacial score (nSPS) is 17.8. The van der Waals surface area contributed by atoms with E-state index in [1.807, 2.05) is 18.5 Å². The summed E-state index contributed by atoms with van der Waals surface area (Å²) in [5.74, 6) is 0.876. The SMILES string of the molecule is Cc1ncsc1CCC(=O)N(CCc1ccccc1)CC1CCCN(C)C1. The number of carbonyl (C=O) groups is 1. The molecule has 1 aromatic carbocycles. The van der Waals surface area contributed by atoms with Crippen molar-refractivity contribution in [2.45, 2.75) is 39.0 Å². The van der Waals surface area contributed by atoms with Gasteiger partial charge in [0.05, 0.1) is 11.2 Å². The first-order valence-electron chi connectivity index (χ1n) is 10.0. The minimum Gasteiger partial charge on any atom is -0.342 e. The molecule has 0 bridgehead atoms. The molecule has 1 unspecified atom stereocenters. The molecule has 2 heterocycles. The van der Waals surface area contributed by atoms with Crippen LogP contribution in [0.4, 0.5) is 0 Å². The predicted octanol–water partition coefficient (Wildman–Crippen LogP) is 3.80. The van der Waals surface area contributed by atoms with Gasteiger partial charge in [-0.05, 0) is 57.7 Å². The van der Waals surface area contributed by atoms with Gasteiger partial charge in [0.25, 0.3) is 0 Å². The monoisotopic (exact) mass is 385 g/mol. The summed E-state index contributed by atoms with van der Waals surface area (Å²) >= 11 is 1.66. The van der Waals surface area contributed by atoms with Gasteiger partial charge in [0.15, 0.2) is 0 Å². The minimum atomic E-state index is 0.284. The molecule has 1 fully saturated rings. The second kappa shape index (κ2) is 10.00. The highest BCUT2D eigenvalue weighted by molar-refractivity contribution is 7.09. The fraction of sp³-hybridized carbons (Fsp3) is 0.545. The lowest BCUT2D eigenvalue weighted by atomic mass is 9.97. The van der Waals surface area contributed by atoms with Crippen LogP contribution in [0.3, 0.4) is 0 Å². The summed E-state index contributed by atoms with van der Waals surface area (Å²) in [6, 6.07) is 10.5. The fourth-order valence-corrected chi connectivity index (χ4v) is 4.69. The largest absolute Gasteiger partial charge is 0.342 e. The maximum Gasteiger partial charge on any atom is 0.222 e. The Hall–Kier alpha value is -1.72. The Kier molecular flexibility index (Phi) is 7.41. The van der Waals surface area contributed by atoms with Gasteiger partial charge >= 0.3 is 0 Å². The standard InChI is InChI=1S/C22H31N3OS/c1-18-21(27-17-23-18)10-11-22(26)25(14-12-19-7-4-3-5-8-19)16-20-9-6-13-24(2)15-20/h3-5,7-8,17,20H,6,9-16H2,1-2H3. The zero-order chi connectivity index (χ0) is 19.1. The summed E-state index contributed by atoms with van der Waals surface area (Å²) in [6.07, 6.45) is 4.78. The Labute approximate surface area is 167 Å². The number of hydrogen-bond acceptors (Lipinski definition) is 4.